The fourth-order valence-corrected chi connectivity index (χ4v) is 4.02. The van der Waals surface area contributed by atoms with Gasteiger partial charge in [0, 0.05) is 30.7 Å². The number of hydrogen-bond acceptors (Lipinski definition) is 2. The van der Waals surface area contributed by atoms with E-state index in [0.29, 0.717) is 13.0 Å². The summed E-state index contributed by atoms with van der Waals surface area (Å²) < 4.78 is 26.4. The van der Waals surface area contributed by atoms with Gasteiger partial charge in [-0.3, -0.25) is 0 Å². The quantitative estimate of drug-likeness (QED) is 0.714. The molecule has 0 atom stereocenters. The lowest BCUT2D eigenvalue weighted by atomic mass is 10.1. The molecule has 0 amide bonds. The first-order chi connectivity index (χ1) is 11.6. The summed E-state index contributed by atoms with van der Waals surface area (Å²) in [5, 5.41) is 1.07. The lowest BCUT2D eigenvalue weighted by Crippen LogP contribution is -2.29. The van der Waals surface area contributed by atoms with Gasteiger partial charge in [0.25, 0.3) is 0 Å². The number of hydrogen-bond donors (Lipinski definition) is 1. The van der Waals surface area contributed by atoms with E-state index in [1.807, 2.05) is 60.8 Å². The molecule has 0 saturated carbocycles. The van der Waals surface area contributed by atoms with E-state index >= 15 is 0 Å². The Morgan fingerprint density at radius 1 is 1.00 bits per heavy atom. The monoisotopic (exact) mass is 342 g/mol. The molecule has 1 N–H and O–H groups in total. The Morgan fingerprint density at radius 2 is 1.71 bits per heavy atom. The number of fused-ring (bicyclic) bond motifs is 1. The van der Waals surface area contributed by atoms with Gasteiger partial charge in [0.05, 0.1) is 5.75 Å². The van der Waals surface area contributed by atoms with Crippen molar-refractivity contribution in [3.8, 4) is 0 Å². The van der Waals surface area contributed by atoms with Gasteiger partial charge in [-0.05, 0) is 30.0 Å². The van der Waals surface area contributed by atoms with Gasteiger partial charge in [0.1, 0.15) is 0 Å². The molecule has 0 unspecified atom stereocenters. The van der Waals surface area contributed by atoms with E-state index in [9.17, 15) is 8.42 Å². The molecule has 0 spiro atoms. The summed E-state index contributed by atoms with van der Waals surface area (Å²) in [6.07, 6.45) is 3.30. The number of aryl methyl sites for hydroxylation is 1. The zero-order valence-electron chi connectivity index (χ0n) is 13.8. The van der Waals surface area contributed by atoms with Crippen LogP contribution in [-0.4, -0.2) is 30.5 Å². The lowest BCUT2D eigenvalue weighted by molar-refractivity contribution is 0.466. The molecule has 3 aromatic rings. The first kappa shape index (κ1) is 16.7. The molecule has 24 heavy (non-hydrogen) atoms. The second-order valence-electron chi connectivity index (χ2n) is 6.02. The normalized spacial score (nSPS) is 12.1. The number of H-pyrrole nitrogens is 1. The van der Waals surface area contributed by atoms with Gasteiger partial charge in [-0.15, -0.1) is 0 Å². The van der Waals surface area contributed by atoms with Crippen molar-refractivity contribution in [1.29, 1.82) is 0 Å². The van der Waals surface area contributed by atoms with Crippen LogP contribution < -0.4 is 0 Å². The maximum absolute atomic E-state index is 12.5. The highest BCUT2D eigenvalue weighted by Gasteiger charge is 2.19. The molecular formula is C19H22N2O2S. The molecule has 5 heteroatoms. The number of sulfonamides is 1. The molecule has 1 heterocycles. The molecule has 0 aliphatic carbocycles. The minimum atomic E-state index is -3.26. The number of aromatic amines is 1. The SMILES string of the molecule is CN(Cc1c[nH]c2ccccc12)S(=O)(=O)CCCc1ccccc1. The summed E-state index contributed by atoms with van der Waals surface area (Å²) in [6, 6.07) is 17.9. The number of nitrogens with one attached hydrogen (secondary N) is 1. The topological polar surface area (TPSA) is 53.2 Å². The van der Waals surface area contributed by atoms with Crippen LogP contribution in [0, 0.1) is 0 Å². The maximum Gasteiger partial charge on any atom is 0.214 e. The van der Waals surface area contributed by atoms with Gasteiger partial charge in [-0.2, -0.15) is 0 Å². The summed E-state index contributed by atoms with van der Waals surface area (Å²) in [6.45, 7) is 0.387. The second kappa shape index (κ2) is 7.20. The van der Waals surface area contributed by atoms with Gasteiger partial charge < -0.3 is 4.98 Å². The summed E-state index contributed by atoms with van der Waals surface area (Å²) in [7, 11) is -1.60. The van der Waals surface area contributed by atoms with Crippen LogP contribution in [0.3, 0.4) is 0 Å². The maximum atomic E-state index is 12.5. The number of para-hydroxylation sites is 1. The Morgan fingerprint density at radius 3 is 2.50 bits per heavy atom. The molecule has 1 aromatic heterocycles. The Balaban J connectivity index is 1.61. The number of benzene rings is 2. The largest absolute Gasteiger partial charge is 0.361 e. The minimum Gasteiger partial charge on any atom is -0.361 e. The highest BCUT2D eigenvalue weighted by atomic mass is 32.2. The Kier molecular flexibility index (Phi) is 5.02. The third-order valence-electron chi connectivity index (χ3n) is 4.25. The Bertz CT molecular complexity index is 901. The highest BCUT2D eigenvalue weighted by molar-refractivity contribution is 7.89. The first-order valence-corrected chi connectivity index (χ1v) is 9.70. The summed E-state index contributed by atoms with van der Waals surface area (Å²) in [5.41, 5.74) is 3.20. The number of aromatic nitrogens is 1. The van der Waals surface area contributed by atoms with Gasteiger partial charge in [-0.1, -0.05) is 48.5 Å². The summed E-state index contributed by atoms with van der Waals surface area (Å²) in [4.78, 5) is 3.19. The zero-order chi connectivity index (χ0) is 17.0. The van der Waals surface area contributed by atoms with Gasteiger partial charge in [-0.25, -0.2) is 12.7 Å². The number of rotatable bonds is 7. The predicted molar refractivity (Wildman–Crippen MR) is 98.3 cm³/mol. The van der Waals surface area contributed by atoms with E-state index in [-0.39, 0.29) is 5.75 Å². The molecule has 0 saturated heterocycles. The molecule has 4 nitrogen and oxygen atoms in total. The van der Waals surface area contributed by atoms with Gasteiger partial charge in [0.2, 0.25) is 10.0 Å². The molecule has 0 bridgehead atoms. The molecule has 3 rings (SSSR count). The zero-order valence-corrected chi connectivity index (χ0v) is 14.6. The molecule has 0 aliphatic rings. The summed E-state index contributed by atoms with van der Waals surface area (Å²) >= 11 is 0. The van der Waals surface area contributed by atoms with Crippen molar-refractivity contribution in [1.82, 2.24) is 9.29 Å². The molecule has 0 radical (unpaired) electrons. The highest BCUT2D eigenvalue weighted by Crippen LogP contribution is 2.20. The fraction of sp³-hybridized carbons (Fsp3) is 0.263. The summed E-state index contributed by atoms with van der Waals surface area (Å²) in [5.74, 6) is 0.167. The van der Waals surface area contributed by atoms with Gasteiger partial charge in [0.15, 0.2) is 0 Å². The van der Waals surface area contributed by atoms with Crippen LogP contribution in [0.5, 0.6) is 0 Å². The molecule has 0 fully saturated rings. The lowest BCUT2D eigenvalue weighted by Gasteiger charge is -2.16. The van der Waals surface area contributed by atoms with E-state index in [4.69, 9.17) is 0 Å². The van der Waals surface area contributed by atoms with E-state index in [1.165, 1.54) is 9.87 Å². The Labute approximate surface area is 143 Å². The molecule has 0 aliphatic heterocycles. The third-order valence-corrected chi connectivity index (χ3v) is 6.14. The van der Waals surface area contributed by atoms with Crippen LogP contribution in [0.1, 0.15) is 17.5 Å². The first-order valence-electron chi connectivity index (χ1n) is 8.09. The van der Waals surface area contributed by atoms with Crippen LogP contribution >= 0.6 is 0 Å². The minimum absolute atomic E-state index is 0.167. The number of nitrogens with zero attached hydrogens (tertiary/aromatic N) is 1. The van der Waals surface area contributed by atoms with Crippen LogP contribution in [-0.2, 0) is 23.0 Å². The fourth-order valence-electron chi connectivity index (χ4n) is 2.86. The van der Waals surface area contributed by atoms with Gasteiger partial charge >= 0.3 is 0 Å². The smallest absolute Gasteiger partial charge is 0.214 e. The van der Waals surface area contributed by atoms with Crippen LogP contribution in [0.2, 0.25) is 0 Å². The Hall–Kier alpha value is -2.11. The predicted octanol–water partition coefficient (Wildman–Crippen LogP) is 3.56. The van der Waals surface area contributed by atoms with Crippen molar-refractivity contribution in [3.05, 3.63) is 71.9 Å². The van der Waals surface area contributed by atoms with Crippen molar-refractivity contribution in [2.45, 2.75) is 19.4 Å². The van der Waals surface area contributed by atoms with E-state index in [0.717, 1.165) is 22.9 Å². The third kappa shape index (κ3) is 3.86. The van der Waals surface area contributed by atoms with Crippen molar-refractivity contribution in [3.63, 3.8) is 0 Å². The van der Waals surface area contributed by atoms with Crippen molar-refractivity contribution < 1.29 is 8.42 Å². The van der Waals surface area contributed by atoms with E-state index in [2.05, 4.69) is 4.98 Å². The average molecular weight is 342 g/mol. The van der Waals surface area contributed by atoms with Crippen molar-refractivity contribution in [2.75, 3.05) is 12.8 Å². The van der Waals surface area contributed by atoms with E-state index < -0.39 is 10.0 Å². The standard InChI is InChI=1S/C19H22N2O2S/c1-21(15-17-14-20-19-12-6-5-11-18(17)19)24(22,23)13-7-10-16-8-3-2-4-9-16/h2-6,8-9,11-12,14,20H,7,10,13,15H2,1H3. The molecule has 2 aromatic carbocycles. The second-order valence-corrected chi connectivity index (χ2v) is 8.22. The van der Waals surface area contributed by atoms with Crippen LogP contribution in [0.4, 0.5) is 0 Å². The average Bonchev–Trinajstić information content (AvgIpc) is 2.99. The van der Waals surface area contributed by atoms with Crippen molar-refractivity contribution >= 4 is 20.9 Å². The molecule has 126 valence electrons. The van der Waals surface area contributed by atoms with Crippen LogP contribution in [0.15, 0.2) is 60.8 Å². The van der Waals surface area contributed by atoms with E-state index in [1.54, 1.807) is 7.05 Å². The molecular weight excluding hydrogens is 320 g/mol. The van der Waals surface area contributed by atoms with Crippen LogP contribution in [0.25, 0.3) is 10.9 Å². The van der Waals surface area contributed by atoms with Crippen molar-refractivity contribution in [2.24, 2.45) is 0 Å².